The number of likely N-dealkylation sites (N-methyl/N-ethyl adjacent to an activating group) is 1. The van der Waals surface area contributed by atoms with E-state index < -0.39 is 0 Å². The van der Waals surface area contributed by atoms with Crippen LogP contribution in [0.15, 0.2) is 24.3 Å². The van der Waals surface area contributed by atoms with Crippen molar-refractivity contribution in [2.24, 2.45) is 0 Å². The van der Waals surface area contributed by atoms with Crippen molar-refractivity contribution in [3.63, 3.8) is 0 Å². The molecular formula is C16H21FN2O. The highest BCUT2D eigenvalue weighted by atomic mass is 19.1. The number of amides is 1. The number of rotatable bonds is 1. The smallest absolute Gasteiger partial charge is 0.220 e. The van der Waals surface area contributed by atoms with Crippen LogP contribution in [0.3, 0.4) is 0 Å². The predicted octanol–water partition coefficient (Wildman–Crippen LogP) is 2.63. The molecular weight excluding hydrogens is 255 g/mol. The summed E-state index contributed by atoms with van der Waals surface area (Å²) < 4.78 is 14.1. The van der Waals surface area contributed by atoms with Gasteiger partial charge in [0.2, 0.25) is 5.91 Å². The molecule has 108 valence electrons. The van der Waals surface area contributed by atoms with Gasteiger partial charge in [-0.2, -0.15) is 0 Å². The Bertz CT molecular complexity index is 533. The Morgan fingerprint density at radius 1 is 1.40 bits per heavy atom. The molecule has 0 radical (unpaired) electrons. The number of nitrogens with one attached hydrogen (secondary N) is 1. The number of hydrogen-bond acceptors (Lipinski definition) is 2. The maximum atomic E-state index is 14.1. The average Bonchev–Trinajstić information content (AvgIpc) is 2.55. The van der Waals surface area contributed by atoms with Gasteiger partial charge in [-0.15, -0.1) is 0 Å². The van der Waals surface area contributed by atoms with Gasteiger partial charge in [0.05, 0.1) is 5.54 Å². The monoisotopic (exact) mass is 276 g/mol. The zero-order valence-corrected chi connectivity index (χ0v) is 12.0. The van der Waals surface area contributed by atoms with E-state index in [1.54, 1.807) is 6.07 Å². The lowest BCUT2D eigenvalue weighted by atomic mass is 9.88. The van der Waals surface area contributed by atoms with Crippen molar-refractivity contribution >= 4 is 5.91 Å². The molecule has 4 heteroatoms. The first-order valence-corrected chi connectivity index (χ1v) is 7.29. The zero-order valence-electron chi connectivity index (χ0n) is 12.0. The quantitative estimate of drug-likeness (QED) is 0.855. The van der Waals surface area contributed by atoms with Crippen molar-refractivity contribution in [3.05, 3.63) is 35.6 Å². The first-order valence-electron chi connectivity index (χ1n) is 7.29. The molecule has 3 atom stereocenters. The maximum absolute atomic E-state index is 14.1. The molecule has 0 aliphatic carbocycles. The Morgan fingerprint density at radius 3 is 2.90 bits per heavy atom. The number of nitrogens with zero attached hydrogens (tertiary/aromatic N) is 1. The molecule has 0 unspecified atom stereocenters. The fourth-order valence-electron chi connectivity index (χ4n) is 3.92. The molecule has 1 aromatic rings. The summed E-state index contributed by atoms with van der Waals surface area (Å²) in [7, 11) is 2.05. The standard InChI is InChI=1S/C16H21FN2O/c1-16-10-13(11-6-3-4-7-12(11)17)19(2)14(16)8-5-9-15(20)18-16/h3-4,6-7,13-14H,5,8-10H2,1-2H3,(H,18,20)/t13-,14-,16-/m0/s1. The van der Waals surface area contributed by atoms with Crippen LogP contribution >= 0.6 is 0 Å². The molecule has 2 fully saturated rings. The van der Waals surface area contributed by atoms with Crippen LogP contribution in [0.1, 0.15) is 44.2 Å². The highest BCUT2D eigenvalue weighted by Crippen LogP contribution is 2.44. The van der Waals surface area contributed by atoms with Crippen molar-refractivity contribution in [1.29, 1.82) is 0 Å². The Balaban J connectivity index is 1.94. The third kappa shape index (κ3) is 2.12. The van der Waals surface area contributed by atoms with E-state index in [1.165, 1.54) is 6.07 Å². The van der Waals surface area contributed by atoms with E-state index in [9.17, 15) is 9.18 Å². The van der Waals surface area contributed by atoms with Gasteiger partial charge in [0, 0.05) is 24.1 Å². The summed E-state index contributed by atoms with van der Waals surface area (Å²) in [6, 6.07) is 7.27. The molecule has 2 aliphatic heterocycles. The van der Waals surface area contributed by atoms with Crippen LogP contribution in [0.25, 0.3) is 0 Å². The number of carbonyl (C=O) groups excluding carboxylic acids is 1. The zero-order chi connectivity index (χ0) is 14.3. The minimum atomic E-state index is -0.255. The van der Waals surface area contributed by atoms with Gasteiger partial charge in [-0.05, 0) is 39.3 Å². The summed E-state index contributed by atoms with van der Waals surface area (Å²) in [5, 5.41) is 3.16. The molecule has 20 heavy (non-hydrogen) atoms. The van der Waals surface area contributed by atoms with Gasteiger partial charge in [-0.25, -0.2) is 4.39 Å². The van der Waals surface area contributed by atoms with Gasteiger partial charge in [-0.1, -0.05) is 18.2 Å². The lowest BCUT2D eigenvalue weighted by molar-refractivity contribution is -0.122. The highest BCUT2D eigenvalue weighted by molar-refractivity contribution is 5.77. The summed E-state index contributed by atoms with van der Waals surface area (Å²) >= 11 is 0. The van der Waals surface area contributed by atoms with Crippen molar-refractivity contribution in [3.8, 4) is 0 Å². The summed E-state index contributed by atoms with van der Waals surface area (Å²) in [6.07, 6.45) is 3.25. The molecule has 3 nitrogen and oxygen atoms in total. The topological polar surface area (TPSA) is 32.3 Å². The average molecular weight is 276 g/mol. The normalized spacial score (nSPS) is 34.5. The molecule has 0 saturated carbocycles. The van der Waals surface area contributed by atoms with Gasteiger partial charge in [0.15, 0.2) is 0 Å². The number of carbonyl (C=O) groups is 1. The lowest BCUT2D eigenvalue weighted by Gasteiger charge is -2.32. The van der Waals surface area contributed by atoms with E-state index >= 15 is 0 Å². The molecule has 0 spiro atoms. The van der Waals surface area contributed by atoms with Crippen LogP contribution in [0.4, 0.5) is 4.39 Å². The van der Waals surface area contributed by atoms with Crippen LogP contribution in [-0.2, 0) is 4.79 Å². The summed E-state index contributed by atoms with van der Waals surface area (Å²) in [4.78, 5) is 14.1. The fraction of sp³-hybridized carbons (Fsp3) is 0.562. The van der Waals surface area contributed by atoms with Crippen LogP contribution in [0.2, 0.25) is 0 Å². The maximum Gasteiger partial charge on any atom is 0.220 e. The first kappa shape index (κ1) is 13.6. The summed E-state index contributed by atoms with van der Waals surface area (Å²) in [5.74, 6) is -0.0340. The molecule has 2 saturated heterocycles. The van der Waals surface area contributed by atoms with Crippen molar-refractivity contribution in [1.82, 2.24) is 10.2 Å². The highest BCUT2D eigenvalue weighted by Gasteiger charge is 2.49. The van der Waals surface area contributed by atoms with Crippen molar-refractivity contribution < 1.29 is 9.18 Å². The van der Waals surface area contributed by atoms with Gasteiger partial charge >= 0.3 is 0 Å². The van der Waals surface area contributed by atoms with Gasteiger partial charge < -0.3 is 5.32 Å². The SMILES string of the molecule is CN1[C@H]2CCCC(=O)N[C@@]2(C)C[C@H]1c1ccccc1F. The van der Waals surface area contributed by atoms with Crippen LogP contribution in [-0.4, -0.2) is 29.4 Å². The summed E-state index contributed by atoms with van der Waals surface area (Å²) in [6.45, 7) is 2.10. The van der Waals surface area contributed by atoms with Crippen LogP contribution in [0.5, 0.6) is 0 Å². The van der Waals surface area contributed by atoms with E-state index in [0.717, 1.165) is 24.8 Å². The molecule has 1 N–H and O–H groups in total. The van der Waals surface area contributed by atoms with E-state index in [0.29, 0.717) is 6.42 Å². The molecule has 2 aliphatic rings. The summed E-state index contributed by atoms with van der Waals surface area (Å²) in [5.41, 5.74) is 0.480. The largest absolute Gasteiger partial charge is 0.349 e. The van der Waals surface area contributed by atoms with E-state index in [4.69, 9.17) is 0 Å². The predicted molar refractivity (Wildman–Crippen MR) is 75.7 cm³/mol. The third-order valence-electron chi connectivity index (χ3n) is 4.91. The molecule has 0 aromatic heterocycles. The Kier molecular flexibility index (Phi) is 3.28. The first-order chi connectivity index (χ1) is 9.51. The van der Waals surface area contributed by atoms with Gasteiger partial charge in [0.25, 0.3) is 0 Å². The number of halogens is 1. The Morgan fingerprint density at radius 2 is 2.15 bits per heavy atom. The Labute approximate surface area is 119 Å². The number of benzene rings is 1. The third-order valence-corrected chi connectivity index (χ3v) is 4.91. The van der Waals surface area contributed by atoms with Crippen LogP contribution in [0, 0.1) is 5.82 Å². The molecule has 3 rings (SSSR count). The van der Waals surface area contributed by atoms with Gasteiger partial charge in [0.1, 0.15) is 5.82 Å². The van der Waals surface area contributed by atoms with Crippen molar-refractivity contribution in [2.75, 3.05) is 7.05 Å². The number of likely N-dealkylation sites (tertiary alicyclic amines) is 1. The minimum Gasteiger partial charge on any atom is -0.349 e. The number of hydrogen-bond donors (Lipinski definition) is 1. The molecule has 0 bridgehead atoms. The molecule has 2 heterocycles. The van der Waals surface area contributed by atoms with E-state index in [1.807, 2.05) is 19.2 Å². The molecule has 1 aromatic carbocycles. The van der Waals surface area contributed by atoms with Crippen LogP contribution < -0.4 is 5.32 Å². The second-order valence-corrected chi connectivity index (χ2v) is 6.28. The van der Waals surface area contributed by atoms with Gasteiger partial charge in [-0.3, -0.25) is 9.69 Å². The fourth-order valence-corrected chi connectivity index (χ4v) is 3.92. The van der Waals surface area contributed by atoms with Crippen molar-refractivity contribution in [2.45, 2.75) is 50.2 Å². The second-order valence-electron chi connectivity index (χ2n) is 6.28. The second kappa shape index (κ2) is 4.85. The van der Waals surface area contributed by atoms with E-state index in [2.05, 4.69) is 17.1 Å². The lowest BCUT2D eigenvalue weighted by Crippen LogP contribution is -2.52. The van der Waals surface area contributed by atoms with E-state index in [-0.39, 0.29) is 29.3 Å². The minimum absolute atomic E-state index is 0.0320. The molecule has 1 amide bonds. The number of fused-ring (bicyclic) bond motifs is 1. The Hall–Kier alpha value is -1.42.